The Balaban J connectivity index is 2.22. The molecular weight excluding hydrogens is 268 g/mol. The van der Waals surface area contributed by atoms with Crippen molar-refractivity contribution in [3.05, 3.63) is 23.8 Å². The Kier molecular flexibility index (Phi) is 5.44. The molecule has 1 saturated heterocycles. The van der Waals surface area contributed by atoms with Gasteiger partial charge in [-0.1, -0.05) is 0 Å². The smallest absolute Gasteiger partial charge is 0.258 e. The van der Waals surface area contributed by atoms with Crippen LogP contribution in [0.3, 0.4) is 0 Å². The zero-order valence-corrected chi connectivity index (χ0v) is 12.8. The van der Waals surface area contributed by atoms with Crippen molar-refractivity contribution in [2.24, 2.45) is 5.73 Å². The standard InChI is InChI=1S/C16H24N2O3/c1-20-13-7-8-15(21-2)14(11-13)16(19)18-10-4-6-12(18)5-3-9-17/h7-8,11-12H,3-6,9-10,17H2,1-2H3. The molecule has 0 spiro atoms. The Morgan fingerprint density at radius 2 is 2.19 bits per heavy atom. The van der Waals surface area contributed by atoms with Crippen molar-refractivity contribution in [1.82, 2.24) is 4.90 Å². The number of benzene rings is 1. The lowest BCUT2D eigenvalue weighted by atomic mass is 10.1. The van der Waals surface area contributed by atoms with Gasteiger partial charge in [0.05, 0.1) is 19.8 Å². The fourth-order valence-electron chi connectivity index (χ4n) is 2.89. The topological polar surface area (TPSA) is 64.8 Å². The van der Waals surface area contributed by atoms with E-state index >= 15 is 0 Å². The van der Waals surface area contributed by atoms with E-state index in [1.54, 1.807) is 32.4 Å². The summed E-state index contributed by atoms with van der Waals surface area (Å²) < 4.78 is 10.5. The number of carbonyl (C=O) groups is 1. The lowest BCUT2D eigenvalue weighted by molar-refractivity contribution is 0.0725. The van der Waals surface area contributed by atoms with Crippen LogP contribution in [0.2, 0.25) is 0 Å². The van der Waals surface area contributed by atoms with E-state index in [1.807, 2.05) is 4.90 Å². The summed E-state index contributed by atoms with van der Waals surface area (Å²) in [6.45, 7) is 1.47. The highest BCUT2D eigenvalue weighted by Gasteiger charge is 2.30. The number of ether oxygens (including phenoxy) is 2. The maximum Gasteiger partial charge on any atom is 0.258 e. The van der Waals surface area contributed by atoms with Crippen molar-refractivity contribution >= 4 is 5.91 Å². The van der Waals surface area contributed by atoms with Crippen LogP contribution < -0.4 is 15.2 Å². The number of nitrogens with two attached hydrogens (primary N) is 1. The fraction of sp³-hybridized carbons (Fsp3) is 0.562. The second kappa shape index (κ2) is 7.31. The molecule has 5 nitrogen and oxygen atoms in total. The molecule has 0 saturated carbocycles. The Labute approximate surface area is 126 Å². The summed E-state index contributed by atoms with van der Waals surface area (Å²) in [4.78, 5) is 14.8. The van der Waals surface area contributed by atoms with Crippen LogP contribution in [0.5, 0.6) is 11.5 Å². The van der Waals surface area contributed by atoms with Crippen molar-refractivity contribution in [1.29, 1.82) is 0 Å². The van der Waals surface area contributed by atoms with Crippen LogP contribution in [0.1, 0.15) is 36.0 Å². The molecule has 0 aromatic heterocycles. The summed E-state index contributed by atoms with van der Waals surface area (Å²) in [5.41, 5.74) is 6.15. The Morgan fingerprint density at radius 3 is 2.86 bits per heavy atom. The van der Waals surface area contributed by atoms with Crippen molar-refractivity contribution < 1.29 is 14.3 Å². The van der Waals surface area contributed by atoms with Gasteiger partial charge < -0.3 is 20.1 Å². The molecule has 1 fully saturated rings. The van der Waals surface area contributed by atoms with E-state index in [1.165, 1.54) is 0 Å². The number of amides is 1. The predicted molar refractivity (Wildman–Crippen MR) is 81.9 cm³/mol. The molecule has 1 amide bonds. The van der Waals surface area contributed by atoms with E-state index in [2.05, 4.69) is 0 Å². The molecule has 1 unspecified atom stereocenters. The molecule has 1 aliphatic heterocycles. The molecule has 2 rings (SSSR count). The summed E-state index contributed by atoms with van der Waals surface area (Å²) in [6, 6.07) is 5.61. The first-order valence-corrected chi connectivity index (χ1v) is 7.44. The predicted octanol–water partition coefficient (Wildman–Crippen LogP) is 2.05. The Morgan fingerprint density at radius 1 is 1.38 bits per heavy atom. The fourth-order valence-corrected chi connectivity index (χ4v) is 2.89. The van der Waals surface area contributed by atoms with Gasteiger partial charge in [-0.2, -0.15) is 0 Å². The molecule has 0 bridgehead atoms. The van der Waals surface area contributed by atoms with Gasteiger partial charge in [0.25, 0.3) is 5.91 Å². The second-order valence-corrected chi connectivity index (χ2v) is 5.29. The number of methoxy groups -OCH3 is 2. The SMILES string of the molecule is COc1ccc(OC)c(C(=O)N2CCCC2CCCN)c1. The van der Waals surface area contributed by atoms with Gasteiger partial charge in [-0.25, -0.2) is 0 Å². The molecule has 1 heterocycles. The van der Waals surface area contributed by atoms with Gasteiger partial charge in [0.1, 0.15) is 11.5 Å². The molecule has 1 atom stereocenters. The van der Waals surface area contributed by atoms with Gasteiger partial charge in [0.2, 0.25) is 0 Å². The third-order valence-corrected chi connectivity index (χ3v) is 4.02. The summed E-state index contributed by atoms with van der Waals surface area (Å²) in [6.07, 6.45) is 4.02. The van der Waals surface area contributed by atoms with Crippen molar-refractivity contribution in [3.8, 4) is 11.5 Å². The third-order valence-electron chi connectivity index (χ3n) is 4.02. The maximum absolute atomic E-state index is 12.8. The maximum atomic E-state index is 12.8. The van der Waals surface area contributed by atoms with Gasteiger partial charge in [-0.3, -0.25) is 4.79 Å². The summed E-state index contributed by atoms with van der Waals surface area (Å²) >= 11 is 0. The lowest BCUT2D eigenvalue weighted by Gasteiger charge is -2.25. The van der Waals surface area contributed by atoms with Crippen LogP contribution >= 0.6 is 0 Å². The Hall–Kier alpha value is -1.75. The molecular formula is C16H24N2O3. The summed E-state index contributed by atoms with van der Waals surface area (Å²) in [7, 11) is 3.17. The highest BCUT2D eigenvalue weighted by atomic mass is 16.5. The van der Waals surface area contributed by atoms with Gasteiger partial charge in [0.15, 0.2) is 0 Å². The zero-order chi connectivity index (χ0) is 15.2. The lowest BCUT2D eigenvalue weighted by Crippen LogP contribution is -2.36. The first kappa shape index (κ1) is 15.6. The first-order chi connectivity index (χ1) is 10.2. The number of likely N-dealkylation sites (tertiary alicyclic amines) is 1. The molecule has 0 radical (unpaired) electrons. The van der Waals surface area contributed by atoms with Crippen LogP contribution in [0.15, 0.2) is 18.2 Å². The minimum Gasteiger partial charge on any atom is -0.497 e. The molecule has 1 aliphatic rings. The third kappa shape index (κ3) is 3.47. The minimum absolute atomic E-state index is 0.0188. The number of carbonyl (C=O) groups excluding carboxylic acids is 1. The first-order valence-electron chi connectivity index (χ1n) is 7.44. The van der Waals surface area contributed by atoms with E-state index in [-0.39, 0.29) is 11.9 Å². The van der Waals surface area contributed by atoms with E-state index in [4.69, 9.17) is 15.2 Å². The van der Waals surface area contributed by atoms with Crippen LogP contribution in [0, 0.1) is 0 Å². The summed E-state index contributed by atoms with van der Waals surface area (Å²) in [5, 5.41) is 0. The van der Waals surface area contributed by atoms with Crippen LogP contribution in [-0.2, 0) is 0 Å². The quantitative estimate of drug-likeness (QED) is 0.871. The highest BCUT2D eigenvalue weighted by Crippen LogP contribution is 2.29. The highest BCUT2D eigenvalue weighted by molar-refractivity contribution is 5.97. The van der Waals surface area contributed by atoms with Gasteiger partial charge >= 0.3 is 0 Å². The van der Waals surface area contributed by atoms with E-state index in [0.29, 0.717) is 23.6 Å². The number of rotatable bonds is 6. The number of hydrogen-bond donors (Lipinski definition) is 1. The van der Waals surface area contributed by atoms with Crippen molar-refractivity contribution in [3.63, 3.8) is 0 Å². The molecule has 5 heteroatoms. The van der Waals surface area contributed by atoms with Gasteiger partial charge in [-0.15, -0.1) is 0 Å². The van der Waals surface area contributed by atoms with Crippen LogP contribution in [0.4, 0.5) is 0 Å². The molecule has 0 aliphatic carbocycles. The average molecular weight is 292 g/mol. The molecule has 1 aromatic rings. The van der Waals surface area contributed by atoms with Gasteiger partial charge in [0, 0.05) is 12.6 Å². The van der Waals surface area contributed by atoms with Crippen molar-refractivity contribution in [2.75, 3.05) is 27.3 Å². The zero-order valence-electron chi connectivity index (χ0n) is 12.8. The molecule has 2 N–H and O–H groups in total. The van der Waals surface area contributed by atoms with Crippen LogP contribution in [-0.4, -0.2) is 44.2 Å². The molecule has 21 heavy (non-hydrogen) atoms. The number of nitrogens with zero attached hydrogens (tertiary/aromatic N) is 1. The van der Waals surface area contributed by atoms with Crippen LogP contribution in [0.25, 0.3) is 0 Å². The van der Waals surface area contributed by atoms with Crippen molar-refractivity contribution in [2.45, 2.75) is 31.7 Å². The van der Waals surface area contributed by atoms with Gasteiger partial charge in [-0.05, 0) is 50.4 Å². The van der Waals surface area contributed by atoms with E-state index < -0.39 is 0 Å². The number of hydrogen-bond acceptors (Lipinski definition) is 4. The minimum atomic E-state index is 0.0188. The Bertz CT molecular complexity index is 490. The van der Waals surface area contributed by atoms with E-state index in [0.717, 1.165) is 32.2 Å². The molecule has 116 valence electrons. The largest absolute Gasteiger partial charge is 0.497 e. The monoisotopic (exact) mass is 292 g/mol. The van der Waals surface area contributed by atoms with E-state index in [9.17, 15) is 4.79 Å². The average Bonchev–Trinajstić information content (AvgIpc) is 2.99. The second-order valence-electron chi connectivity index (χ2n) is 5.29. The molecule has 1 aromatic carbocycles. The normalized spacial score (nSPS) is 17.9. The summed E-state index contributed by atoms with van der Waals surface area (Å²) in [5.74, 6) is 1.27.